The van der Waals surface area contributed by atoms with Gasteiger partial charge in [0.2, 0.25) is 5.91 Å². The highest BCUT2D eigenvalue weighted by Gasteiger charge is 2.11. The van der Waals surface area contributed by atoms with Gasteiger partial charge >= 0.3 is 0 Å². The molecule has 1 amide bonds. The zero-order valence-corrected chi connectivity index (χ0v) is 9.62. The SMILES string of the molecule is CN(CCO)C(=O)CCc1cccc(F)c1F. The van der Waals surface area contributed by atoms with Crippen LogP contribution in [-0.4, -0.2) is 36.1 Å². The number of aliphatic hydroxyl groups is 1. The summed E-state index contributed by atoms with van der Waals surface area (Å²) in [6, 6.07) is 3.91. The number of aliphatic hydroxyl groups excluding tert-OH is 1. The van der Waals surface area contributed by atoms with E-state index in [1.807, 2.05) is 0 Å². The Bertz CT molecular complexity index is 396. The fourth-order valence-electron chi connectivity index (χ4n) is 1.45. The molecule has 0 fully saturated rings. The van der Waals surface area contributed by atoms with Crippen molar-refractivity contribution in [2.75, 3.05) is 20.2 Å². The molecule has 0 unspecified atom stereocenters. The lowest BCUT2D eigenvalue weighted by Gasteiger charge is -2.15. The summed E-state index contributed by atoms with van der Waals surface area (Å²) in [4.78, 5) is 12.9. The van der Waals surface area contributed by atoms with Crippen LogP contribution in [0, 0.1) is 11.6 Å². The van der Waals surface area contributed by atoms with E-state index in [0.717, 1.165) is 6.07 Å². The molecule has 0 bridgehead atoms. The van der Waals surface area contributed by atoms with Crippen LogP contribution in [0.3, 0.4) is 0 Å². The minimum absolute atomic E-state index is 0.0941. The Morgan fingerprint density at radius 3 is 2.76 bits per heavy atom. The van der Waals surface area contributed by atoms with Gasteiger partial charge in [-0.1, -0.05) is 12.1 Å². The number of halogens is 2. The van der Waals surface area contributed by atoms with E-state index in [-0.39, 0.29) is 37.5 Å². The van der Waals surface area contributed by atoms with Crippen LogP contribution in [-0.2, 0) is 11.2 Å². The van der Waals surface area contributed by atoms with Gasteiger partial charge in [-0.05, 0) is 18.1 Å². The van der Waals surface area contributed by atoms with E-state index in [2.05, 4.69) is 0 Å². The molecule has 0 aliphatic rings. The van der Waals surface area contributed by atoms with Crippen LogP contribution in [0.2, 0.25) is 0 Å². The van der Waals surface area contributed by atoms with Crippen molar-refractivity contribution in [1.82, 2.24) is 4.90 Å². The second-order valence-electron chi connectivity index (χ2n) is 3.75. The van der Waals surface area contributed by atoms with Crippen LogP contribution < -0.4 is 0 Å². The first-order valence-corrected chi connectivity index (χ1v) is 5.34. The van der Waals surface area contributed by atoms with Gasteiger partial charge < -0.3 is 10.0 Å². The number of carbonyl (C=O) groups is 1. The quantitative estimate of drug-likeness (QED) is 0.848. The molecule has 5 heteroatoms. The molecule has 0 aliphatic heterocycles. The molecule has 3 nitrogen and oxygen atoms in total. The summed E-state index contributed by atoms with van der Waals surface area (Å²) in [7, 11) is 1.56. The Morgan fingerprint density at radius 1 is 1.41 bits per heavy atom. The monoisotopic (exact) mass is 243 g/mol. The Hall–Kier alpha value is -1.49. The van der Waals surface area contributed by atoms with Crippen LogP contribution in [0.4, 0.5) is 8.78 Å². The van der Waals surface area contributed by atoms with Gasteiger partial charge in [-0.3, -0.25) is 4.79 Å². The molecular weight excluding hydrogens is 228 g/mol. The van der Waals surface area contributed by atoms with Gasteiger partial charge in [-0.2, -0.15) is 0 Å². The fourth-order valence-corrected chi connectivity index (χ4v) is 1.45. The maximum Gasteiger partial charge on any atom is 0.222 e. The molecule has 0 spiro atoms. The average Bonchev–Trinajstić information content (AvgIpc) is 2.31. The van der Waals surface area contributed by atoms with Gasteiger partial charge in [0.15, 0.2) is 11.6 Å². The van der Waals surface area contributed by atoms with Crippen LogP contribution in [0.25, 0.3) is 0 Å². The van der Waals surface area contributed by atoms with E-state index < -0.39 is 11.6 Å². The normalized spacial score (nSPS) is 10.4. The molecule has 1 N–H and O–H groups in total. The predicted molar refractivity (Wildman–Crippen MR) is 59.4 cm³/mol. The number of aryl methyl sites for hydroxylation is 1. The highest BCUT2D eigenvalue weighted by molar-refractivity contribution is 5.76. The zero-order chi connectivity index (χ0) is 12.8. The molecular formula is C12H15F2NO2. The van der Waals surface area contributed by atoms with E-state index in [0.29, 0.717) is 0 Å². The van der Waals surface area contributed by atoms with Crippen molar-refractivity contribution in [2.45, 2.75) is 12.8 Å². The smallest absolute Gasteiger partial charge is 0.222 e. The molecule has 1 rings (SSSR count). The van der Waals surface area contributed by atoms with E-state index in [1.165, 1.54) is 17.0 Å². The maximum absolute atomic E-state index is 13.3. The molecule has 0 saturated heterocycles. The zero-order valence-electron chi connectivity index (χ0n) is 9.62. The Balaban J connectivity index is 2.56. The lowest BCUT2D eigenvalue weighted by atomic mass is 10.1. The molecule has 0 saturated carbocycles. The van der Waals surface area contributed by atoms with Crippen molar-refractivity contribution in [3.05, 3.63) is 35.4 Å². The first kappa shape index (κ1) is 13.6. The third-order valence-electron chi connectivity index (χ3n) is 2.50. The summed E-state index contributed by atoms with van der Waals surface area (Å²) in [5.74, 6) is -2.01. The molecule has 0 radical (unpaired) electrons. The highest BCUT2D eigenvalue weighted by atomic mass is 19.2. The number of carbonyl (C=O) groups excluding carboxylic acids is 1. The van der Waals surface area contributed by atoms with Gasteiger partial charge in [-0.25, -0.2) is 8.78 Å². The number of nitrogens with zero attached hydrogens (tertiary/aromatic N) is 1. The third-order valence-corrected chi connectivity index (χ3v) is 2.50. The van der Waals surface area contributed by atoms with Crippen LogP contribution in [0.5, 0.6) is 0 Å². The topological polar surface area (TPSA) is 40.5 Å². The minimum Gasteiger partial charge on any atom is -0.395 e. The van der Waals surface area contributed by atoms with Crippen molar-refractivity contribution in [1.29, 1.82) is 0 Å². The largest absolute Gasteiger partial charge is 0.395 e. The van der Waals surface area contributed by atoms with Gasteiger partial charge in [-0.15, -0.1) is 0 Å². The minimum atomic E-state index is -0.904. The van der Waals surface area contributed by atoms with E-state index in [4.69, 9.17) is 5.11 Å². The number of rotatable bonds is 5. The van der Waals surface area contributed by atoms with Crippen molar-refractivity contribution < 1.29 is 18.7 Å². The second kappa shape index (κ2) is 6.30. The van der Waals surface area contributed by atoms with Gasteiger partial charge in [0.25, 0.3) is 0 Å². The summed E-state index contributed by atoms with van der Waals surface area (Å²) < 4.78 is 26.1. The molecule has 94 valence electrons. The summed E-state index contributed by atoms with van der Waals surface area (Å²) >= 11 is 0. The second-order valence-corrected chi connectivity index (χ2v) is 3.75. The first-order chi connectivity index (χ1) is 8.06. The predicted octanol–water partition coefficient (Wildman–Crippen LogP) is 1.35. The number of hydrogen-bond donors (Lipinski definition) is 1. The average molecular weight is 243 g/mol. The number of likely N-dealkylation sites (N-methyl/N-ethyl adjacent to an activating group) is 1. The van der Waals surface area contributed by atoms with Crippen molar-refractivity contribution in [3.63, 3.8) is 0 Å². The standard InChI is InChI=1S/C12H15F2NO2/c1-15(7-8-16)11(17)6-5-9-3-2-4-10(13)12(9)14/h2-4,16H,5-8H2,1H3. The molecule has 17 heavy (non-hydrogen) atoms. The lowest BCUT2D eigenvalue weighted by Crippen LogP contribution is -2.29. The Labute approximate surface area is 98.7 Å². The third kappa shape index (κ3) is 3.78. The van der Waals surface area contributed by atoms with E-state index in [1.54, 1.807) is 7.05 Å². The number of benzene rings is 1. The summed E-state index contributed by atoms with van der Waals surface area (Å²) in [5, 5.41) is 8.65. The van der Waals surface area contributed by atoms with E-state index >= 15 is 0 Å². The van der Waals surface area contributed by atoms with Crippen molar-refractivity contribution >= 4 is 5.91 Å². The van der Waals surface area contributed by atoms with Crippen molar-refractivity contribution in [3.8, 4) is 0 Å². The van der Waals surface area contributed by atoms with Gasteiger partial charge in [0.1, 0.15) is 0 Å². The maximum atomic E-state index is 13.3. The number of amides is 1. The molecule has 0 aliphatic carbocycles. The van der Waals surface area contributed by atoms with Crippen LogP contribution >= 0.6 is 0 Å². The molecule has 0 heterocycles. The lowest BCUT2D eigenvalue weighted by molar-refractivity contribution is -0.130. The fraction of sp³-hybridized carbons (Fsp3) is 0.417. The van der Waals surface area contributed by atoms with Crippen molar-refractivity contribution in [2.24, 2.45) is 0 Å². The summed E-state index contributed by atoms with van der Waals surface area (Å²) in [6.45, 7) is 0.126. The van der Waals surface area contributed by atoms with E-state index in [9.17, 15) is 13.6 Å². The summed E-state index contributed by atoms with van der Waals surface area (Å²) in [6.07, 6.45) is 0.245. The highest BCUT2D eigenvalue weighted by Crippen LogP contribution is 2.13. The van der Waals surface area contributed by atoms with Crippen LogP contribution in [0.1, 0.15) is 12.0 Å². The molecule has 1 aromatic rings. The Kier molecular flexibility index (Phi) is 5.03. The van der Waals surface area contributed by atoms with Crippen LogP contribution in [0.15, 0.2) is 18.2 Å². The van der Waals surface area contributed by atoms with Gasteiger partial charge in [0, 0.05) is 20.0 Å². The Morgan fingerprint density at radius 2 is 2.12 bits per heavy atom. The number of hydrogen-bond acceptors (Lipinski definition) is 2. The first-order valence-electron chi connectivity index (χ1n) is 5.34. The van der Waals surface area contributed by atoms with Gasteiger partial charge in [0.05, 0.1) is 6.61 Å². The molecule has 1 aromatic carbocycles. The molecule has 0 atom stereocenters. The molecule has 0 aromatic heterocycles. The summed E-state index contributed by atoms with van der Waals surface area (Å²) in [5.41, 5.74) is 0.191.